The molecule has 2 saturated heterocycles. The molecule has 0 bridgehead atoms. The highest BCUT2D eigenvalue weighted by atomic mass is 16.5. The number of likely N-dealkylation sites (tertiary alicyclic amines) is 1. The molecule has 122 valence electrons. The Morgan fingerprint density at radius 3 is 2.86 bits per heavy atom. The van der Waals surface area contributed by atoms with Gasteiger partial charge in [0.25, 0.3) is 0 Å². The average Bonchev–Trinajstić information content (AvgIpc) is 3.00. The maximum absolute atomic E-state index is 5.63. The Kier molecular flexibility index (Phi) is 6.77. The van der Waals surface area contributed by atoms with Crippen LogP contribution >= 0.6 is 0 Å². The Bertz CT molecular complexity index is 328. The van der Waals surface area contributed by atoms with E-state index in [9.17, 15) is 0 Å². The van der Waals surface area contributed by atoms with Crippen LogP contribution < -0.4 is 10.6 Å². The predicted octanol–water partition coefficient (Wildman–Crippen LogP) is 1.45. The second-order valence-electron chi connectivity index (χ2n) is 6.56. The van der Waals surface area contributed by atoms with Crippen LogP contribution in [-0.2, 0) is 4.74 Å². The van der Waals surface area contributed by atoms with Gasteiger partial charge in [0.05, 0.1) is 6.10 Å². The van der Waals surface area contributed by atoms with Crippen LogP contribution in [0.2, 0.25) is 0 Å². The summed E-state index contributed by atoms with van der Waals surface area (Å²) >= 11 is 0. The number of guanidine groups is 1. The van der Waals surface area contributed by atoms with E-state index in [1.165, 1.54) is 32.4 Å². The van der Waals surface area contributed by atoms with E-state index in [1.807, 2.05) is 7.05 Å². The smallest absolute Gasteiger partial charge is 0.191 e. The van der Waals surface area contributed by atoms with Gasteiger partial charge >= 0.3 is 0 Å². The molecule has 2 fully saturated rings. The van der Waals surface area contributed by atoms with E-state index in [1.54, 1.807) is 0 Å². The molecule has 0 radical (unpaired) electrons. The van der Waals surface area contributed by atoms with Crippen molar-refractivity contribution in [1.82, 2.24) is 15.5 Å². The number of nitrogens with one attached hydrogen (secondary N) is 2. The quantitative estimate of drug-likeness (QED) is 0.595. The third-order valence-corrected chi connectivity index (χ3v) is 4.62. The van der Waals surface area contributed by atoms with E-state index in [4.69, 9.17) is 4.74 Å². The first-order chi connectivity index (χ1) is 10.2. The lowest BCUT2D eigenvalue weighted by atomic mass is 9.99. The highest BCUT2D eigenvalue weighted by molar-refractivity contribution is 5.79. The lowest BCUT2D eigenvalue weighted by Gasteiger charge is -2.35. The number of rotatable bonds is 5. The van der Waals surface area contributed by atoms with Crippen molar-refractivity contribution < 1.29 is 4.74 Å². The van der Waals surface area contributed by atoms with Crippen molar-refractivity contribution in [1.29, 1.82) is 0 Å². The topological polar surface area (TPSA) is 48.9 Å². The Morgan fingerprint density at radius 2 is 2.19 bits per heavy atom. The van der Waals surface area contributed by atoms with E-state index in [0.29, 0.717) is 12.1 Å². The van der Waals surface area contributed by atoms with Gasteiger partial charge in [-0.3, -0.25) is 9.89 Å². The number of aliphatic imine (C=N–C) groups is 1. The highest BCUT2D eigenvalue weighted by Crippen LogP contribution is 2.17. The minimum atomic E-state index is 0.351. The van der Waals surface area contributed by atoms with Gasteiger partial charge in [0.15, 0.2) is 5.96 Å². The average molecular weight is 296 g/mol. The van der Waals surface area contributed by atoms with E-state index >= 15 is 0 Å². The summed E-state index contributed by atoms with van der Waals surface area (Å²) in [6.07, 6.45) is 5.40. The first-order valence-electron chi connectivity index (χ1n) is 8.49. The van der Waals surface area contributed by atoms with Crippen LogP contribution in [0.1, 0.15) is 39.5 Å². The summed E-state index contributed by atoms with van der Waals surface area (Å²) < 4.78 is 5.63. The lowest BCUT2D eigenvalue weighted by molar-refractivity contribution is 0.113. The van der Waals surface area contributed by atoms with Gasteiger partial charge in [-0.15, -0.1) is 0 Å². The number of piperidine rings is 1. The van der Waals surface area contributed by atoms with Crippen LogP contribution in [-0.4, -0.2) is 62.8 Å². The van der Waals surface area contributed by atoms with Gasteiger partial charge in [0, 0.05) is 39.3 Å². The van der Waals surface area contributed by atoms with Crippen LogP contribution in [0, 0.1) is 5.92 Å². The molecule has 0 spiro atoms. The van der Waals surface area contributed by atoms with Gasteiger partial charge in [-0.2, -0.15) is 0 Å². The summed E-state index contributed by atoms with van der Waals surface area (Å²) in [6, 6.07) is 0.550. The van der Waals surface area contributed by atoms with Crippen molar-refractivity contribution in [2.24, 2.45) is 10.9 Å². The molecule has 21 heavy (non-hydrogen) atoms. The largest absolute Gasteiger partial charge is 0.376 e. The SMILES string of the molecule is CN=C(NCC1CCCO1)NCC(C)N1CCCC(C)C1. The fourth-order valence-electron chi connectivity index (χ4n) is 3.24. The van der Waals surface area contributed by atoms with Gasteiger partial charge in [-0.25, -0.2) is 0 Å². The Morgan fingerprint density at radius 1 is 1.33 bits per heavy atom. The molecular formula is C16H32N4O. The Labute approximate surface area is 129 Å². The van der Waals surface area contributed by atoms with Gasteiger partial charge in [0.2, 0.25) is 0 Å². The summed E-state index contributed by atoms with van der Waals surface area (Å²) in [5.41, 5.74) is 0. The predicted molar refractivity (Wildman–Crippen MR) is 87.8 cm³/mol. The summed E-state index contributed by atoms with van der Waals surface area (Å²) in [7, 11) is 1.83. The standard InChI is InChI=1S/C16H32N4O/c1-13-6-4-8-20(12-13)14(2)10-18-16(17-3)19-11-15-7-5-9-21-15/h13-15H,4-12H2,1-3H3,(H2,17,18,19). The molecule has 2 rings (SSSR count). The van der Waals surface area contributed by atoms with Gasteiger partial charge in [-0.1, -0.05) is 6.92 Å². The maximum atomic E-state index is 5.63. The maximum Gasteiger partial charge on any atom is 0.191 e. The molecule has 0 saturated carbocycles. The zero-order valence-electron chi connectivity index (χ0n) is 13.9. The fourth-order valence-corrected chi connectivity index (χ4v) is 3.24. The molecule has 0 amide bonds. The second kappa shape index (κ2) is 8.59. The normalized spacial score (nSPS) is 29.4. The molecule has 2 N–H and O–H groups in total. The van der Waals surface area contributed by atoms with Gasteiger partial charge in [-0.05, 0) is 45.1 Å². The Balaban J connectivity index is 1.66. The number of hydrogen-bond acceptors (Lipinski definition) is 3. The van der Waals surface area contributed by atoms with E-state index in [2.05, 4.69) is 34.4 Å². The molecule has 3 unspecified atom stereocenters. The molecular weight excluding hydrogens is 264 g/mol. The lowest BCUT2D eigenvalue weighted by Crippen LogP contribution is -2.49. The molecule has 2 heterocycles. The van der Waals surface area contributed by atoms with Crippen molar-refractivity contribution >= 4 is 5.96 Å². The summed E-state index contributed by atoms with van der Waals surface area (Å²) in [6.45, 7) is 9.82. The first-order valence-corrected chi connectivity index (χ1v) is 8.49. The molecule has 5 heteroatoms. The second-order valence-corrected chi connectivity index (χ2v) is 6.56. The summed E-state index contributed by atoms with van der Waals surface area (Å²) in [5, 5.41) is 6.82. The van der Waals surface area contributed by atoms with E-state index in [0.717, 1.165) is 38.0 Å². The Hall–Kier alpha value is -0.810. The highest BCUT2D eigenvalue weighted by Gasteiger charge is 2.21. The molecule has 2 aliphatic rings. The molecule has 2 aliphatic heterocycles. The third-order valence-electron chi connectivity index (χ3n) is 4.62. The zero-order chi connectivity index (χ0) is 15.1. The van der Waals surface area contributed by atoms with Crippen molar-refractivity contribution in [2.75, 3.05) is 39.8 Å². The number of nitrogens with zero attached hydrogens (tertiary/aromatic N) is 2. The molecule has 5 nitrogen and oxygen atoms in total. The molecule has 0 aromatic carbocycles. The minimum absolute atomic E-state index is 0.351. The third kappa shape index (κ3) is 5.47. The first kappa shape index (κ1) is 16.6. The molecule has 0 aromatic rings. The zero-order valence-corrected chi connectivity index (χ0v) is 13.9. The van der Waals surface area contributed by atoms with Crippen LogP contribution in [0.4, 0.5) is 0 Å². The van der Waals surface area contributed by atoms with Gasteiger partial charge < -0.3 is 15.4 Å². The van der Waals surface area contributed by atoms with Crippen LogP contribution in [0.25, 0.3) is 0 Å². The molecule has 3 atom stereocenters. The van der Waals surface area contributed by atoms with Crippen molar-refractivity contribution in [3.63, 3.8) is 0 Å². The number of ether oxygens (including phenoxy) is 1. The van der Waals surface area contributed by atoms with Crippen LogP contribution in [0.3, 0.4) is 0 Å². The van der Waals surface area contributed by atoms with Crippen LogP contribution in [0.15, 0.2) is 4.99 Å². The van der Waals surface area contributed by atoms with Crippen molar-refractivity contribution in [3.8, 4) is 0 Å². The molecule has 0 aromatic heterocycles. The van der Waals surface area contributed by atoms with E-state index in [-0.39, 0.29) is 0 Å². The monoisotopic (exact) mass is 296 g/mol. The molecule has 0 aliphatic carbocycles. The fraction of sp³-hybridized carbons (Fsp3) is 0.938. The van der Waals surface area contributed by atoms with E-state index < -0.39 is 0 Å². The van der Waals surface area contributed by atoms with Crippen molar-refractivity contribution in [3.05, 3.63) is 0 Å². The summed E-state index contributed by atoms with van der Waals surface area (Å²) in [4.78, 5) is 6.89. The summed E-state index contributed by atoms with van der Waals surface area (Å²) in [5.74, 6) is 1.72. The van der Waals surface area contributed by atoms with Crippen LogP contribution in [0.5, 0.6) is 0 Å². The van der Waals surface area contributed by atoms with Gasteiger partial charge in [0.1, 0.15) is 0 Å². The minimum Gasteiger partial charge on any atom is -0.376 e. The number of hydrogen-bond donors (Lipinski definition) is 2. The van der Waals surface area contributed by atoms with Crippen molar-refractivity contribution in [2.45, 2.75) is 51.7 Å².